The number of amides is 2. The number of benzene rings is 2. The molecule has 2 unspecified atom stereocenters. The number of nitrogens with two attached hydrogens (primary N) is 1. The van der Waals surface area contributed by atoms with E-state index < -0.39 is 15.9 Å². The third kappa shape index (κ3) is 8.99. The van der Waals surface area contributed by atoms with E-state index in [9.17, 15) is 18.0 Å². The molecule has 14 nitrogen and oxygen atoms in total. The summed E-state index contributed by atoms with van der Waals surface area (Å²) < 4.78 is 41.3. The van der Waals surface area contributed by atoms with Crippen LogP contribution in [0.2, 0.25) is 0 Å². The van der Waals surface area contributed by atoms with Crippen molar-refractivity contribution < 1.29 is 27.5 Å². The summed E-state index contributed by atoms with van der Waals surface area (Å²) in [5.74, 6) is 0.916. The number of nitrogens with zero attached hydrogens (tertiary/aromatic N) is 4. The van der Waals surface area contributed by atoms with Crippen molar-refractivity contribution in [2.75, 3.05) is 75.0 Å². The first kappa shape index (κ1) is 40.3. The number of ether oxygens (including phenoxy) is 2. The predicted octanol–water partition coefficient (Wildman–Crippen LogP) is 6.10. The summed E-state index contributed by atoms with van der Waals surface area (Å²) >= 11 is 6.41. The average Bonchev–Trinajstić information content (AvgIpc) is 4.00. The number of nitrogens with one attached hydrogen (secondary N) is 3. The van der Waals surface area contributed by atoms with E-state index >= 15 is 0 Å². The van der Waals surface area contributed by atoms with Crippen molar-refractivity contribution in [2.45, 2.75) is 49.5 Å². The minimum absolute atomic E-state index is 0.0435. The van der Waals surface area contributed by atoms with Gasteiger partial charge in [0.15, 0.2) is 0 Å². The molecule has 316 valence electrons. The molecule has 3 saturated heterocycles. The summed E-state index contributed by atoms with van der Waals surface area (Å²) in [7, 11) is -4.31. The fourth-order valence-corrected chi connectivity index (χ4v) is 10.1. The Balaban J connectivity index is 0.898. The number of aromatic nitrogens is 2. The van der Waals surface area contributed by atoms with Crippen molar-refractivity contribution >= 4 is 61.5 Å². The lowest BCUT2D eigenvalue weighted by atomic mass is 9.82. The van der Waals surface area contributed by atoms with Gasteiger partial charge in [-0.1, -0.05) is 23.3 Å². The second kappa shape index (κ2) is 17.1. The van der Waals surface area contributed by atoms with Gasteiger partial charge in [-0.25, -0.2) is 18.1 Å². The number of piperazine rings is 1. The Kier molecular flexibility index (Phi) is 11.5. The van der Waals surface area contributed by atoms with Gasteiger partial charge in [0.2, 0.25) is 5.91 Å². The molecule has 16 heteroatoms. The van der Waals surface area contributed by atoms with Crippen molar-refractivity contribution in [1.29, 1.82) is 0 Å². The second-order valence-electron chi connectivity index (χ2n) is 16.7. The molecule has 2 amide bonds. The monoisotopic (exact) mass is 854 g/mol. The molecule has 0 bridgehead atoms. The molecule has 4 fully saturated rings. The molecule has 1 saturated carbocycles. The molecule has 5 heterocycles. The number of nitrogen functional groups attached to an aromatic ring is 1. The highest BCUT2D eigenvalue weighted by atomic mass is 35.5. The van der Waals surface area contributed by atoms with Crippen LogP contribution in [-0.2, 0) is 19.6 Å². The van der Waals surface area contributed by atoms with Gasteiger partial charge in [0, 0.05) is 105 Å². The predicted molar refractivity (Wildman–Crippen MR) is 232 cm³/mol. The highest BCUT2D eigenvalue weighted by Gasteiger charge is 2.42. The maximum absolute atomic E-state index is 13.9. The number of halogens is 1. The van der Waals surface area contributed by atoms with E-state index in [-0.39, 0.29) is 39.8 Å². The zero-order valence-corrected chi connectivity index (χ0v) is 35.0. The lowest BCUT2D eigenvalue weighted by Crippen LogP contribution is -2.56. The summed E-state index contributed by atoms with van der Waals surface area (Å²) in [6.07, 6.45) is 13.0. The Bertz CT molecular complexity index is 2440. The largest absolute Gasteiger partial charge is 0.455 e. The van der Waals surface area contributed by atoms with Crippen LogP contribution < -0.4 is 25.4 Å². The van der Waals surface area contributed by atoms with Gasteiger partial charge >= 0.3 is 0 Å². The zero-order valence-electron chi connectivity index (χ0n) is 33.4. The fourth-order valence-electron chi connectivity index (χ4n) is 8.83. The third-order valence-corrected chi connectivity index (χ3v) is 14.1. The maximum Gasteiger partial charge on any atom is 0.268 e. The van der Waals surface area contributed by atoms with Crippen molar-refractivity contribution in [3.8, 4) is 11.5 Å². The average molecular weight is 855 g/mol. The van der Waals surface area contributed by atoms with Crippen molar-refractivity contribution in [3.05, 3.63) is 89.2 Å². The van der Waals surface area contributed by atoms with Crippen molar-refractivity contribution in [2.24, 2.45) is 17.8 Å². The van der Waals surface area contributed by atoms with Gasteiger partial charge < -0.3 is 35.3 Å². The highest BCUT2D eigenvalue weighted by Crippen LogP contribution is 2.40. The van der Waals surface area contributed by atoms with E-state index in [0.717, 1.165) is 94.0 Å². The van der Waals surface area contributed by atoms with Crippen LogP contribution in [0.3, 0.4) is 0 Å². The third-order valence-electron chi connectivity index (χ3n) is 12.5. The summed E-state index contributed by atoms with van der Waals surface area (Å²) in [6, 6.07) is 13.4. The molecule has 3 aliphatic heterocycles. The number of allylic oxidation sites excluding steroid dienone is 3. The van der Waals surface area contributed by atoms with E-state index in [2.05, 4.69) is 40.8 Å². The molecule has 60 heavy (non-hydrogen) atoms. The normalized spacial score (nSPS) is 21.6. The fraction of sp³-hybridized carbons (Fsp3) is 0.432. The highest BCUT2D eigenvalue weighted by molar-refractivity contribution is 7.90. The number of rotatable bonds is 12. The molecule has 2 aromatic heterocycles. The standard InChI is InChI=1S/C44H51ClN8O6S/c45-33-4-3-30-20-35(53(26-32(30)19-33)44(55)29-1-2-29)27-51-13-15-52(16-14-51)34-5-7-38(41(22-34)59-36-21-31-9-12-47-42(31)49-25-36)43(54)50-60(56,57)37-6-8-40(39(46)23-37)48-24-28-10-17-58-18-11-28/h3-9,12,21-23,25,28-29,32,35,48H,1-2,10-11,13-20,24,26-27,46H2,(H,47,49)(H,50,54). The topological polar surface area (TPSA) is 175 Å². The number of hydrogen-bond acceptors (Lipinski definition) is 11. The van der Waals surface area contributed by atoms with E-state index in [1.165, 1.54) is 17.7 Å². The minimum Gasteiger partial charge on any atom is -0.455 e. The van der Waals surface area contributed by atoms with Crippen molar-refractivity contribution in [1.82, 2.24) is 24.5 Å². The van der Waals surface area contributed by atoms with E-state index in [4.69, 9.17) is 26.8 Å². The van der Waals surface area contributed by atoms with E-state index in [1.807, 2.05) is 24.3 Å². The number of H-pyrrole nitrogens is 1. The SMILES string of the molecule is Nc1cc(S(=O)(=O)NC(=O)c2ccc(N3CCN(CC4CC5=CC=C(Cl)CC5CN4C(=O)C4CC4)CC3)cc2Oc2cnc3[nH]ccc3c2)ccc1NCC1CCOCC1. The molecule has 4 aromatic rings. The summed E-state index contributed by atoms with van der Waals surface area (Å²) in [4.78, 5) is 41.5. The number of fused-ring (bicyclic) bond motifs is 2. The molecule has 5 aliphatic rings. The number of sulfonamides is 1. The Morgan fingerprint density at radius 2 is 1.80 bits per heavy atom. The molecule has 0 radical (unpaired) electrons. The van der Waals surface area contributed by atoms with Gasteiger partial charge in [-0.3, -0.25) is 14.5 Å². The van der Waals surface area contributed by atoms with E-state index in [0.29, 0.717) is 48.6 Å². The number of hydrogen-bond donors (Lipinski definition) is 4. The number of anilines is 3. The van der Waals surface area contributed by atoms with E-state index in [1.54, 1.807) is 30.6 Å². The first-order valence-corrected chi connectivity index (χ1v) is 22.8. The van der Waals surface area contributed by atoms with Crippen LogP contribution in [0.25, 0.3) is 11.0 Å². The molecule has 5 N–H and O–H groups in total. The van der Waals surface area contributed by atoms with Gasteiger partial charge in [0.25, 0.3) is 15.9 Å². The lowest BCUT2D eigenvalue weighted by Gasteiger charge is -2.45. The number of piperidine rings is 1. The number of aromatic amines is 1. The molecular formula is C44H51ClN8O6S. The summed E-state index contributed by atoms with van der Waals surface area (Å²) in [6.45, 7) is 6.67. The van der Waals surface area contributed by atoms with Crippen LogP contribution in [0.15, 0.2) is 88.6 Å². The van der Waals surface area contributed by atoms with Gasteiger partial charge in [-0.2, -0.15) is 0 Å². The van der Waals surface area contributed by atoms with Gasteiger partial charge in [0.05, 0.1) is 28.0 Å². The number of pyridine rings is 1. The minimum atomic E-state index is -4.31. The number of likely N-dealkylation sites (tertiary alicyclic amines) is 1. The Labute approximate surface area is 355 Å². The van der Waals surface area contributed by atoms with Crippen LogP contribution in [0, 0.1) is 17.8 Å². The van der Waals surface area contributed by atoms with Crippen molar-refractivity contribution in [3.63, 3.8) is 0 Å². The van der Waals surface area contributed by atoms with Gasteiger partial charge in [-0.05, 0) is 93.0 Å². The molecule has 9 rings (SSSR count). The smallest absolute Gasteiger partial charge is 0.268 e. The van der Waals surface area contributed by atoms with Crippen LogP contribution in [0.4, 0.5) is 17.1 Å². The van der Waals surface area contributed by atoms with Crippen LogP contribution in [0.5, 0.6) is 11.5 Å². The Morgan fingerprint density at radius 3 is 2.58 bits per heavy atom. The first-order chi connectivity index (χ1) is 29.1. The van der Waals surface area contributed by atoms with Crippen LogP contribution in [0.1, 0.15) is 48.9 Å². The molecule has 2 atom stereocenters. The lowest BCUT2D eigenvalue weighted by molar-refractivity contribution is -0.137. The van der Waals surface area contributed by atoms with Crippen LogP contribution >= 0.6 is 11.6 Å². The quantitative estimate of drug-likeness (QED) is 0.121. The maximum atomic E-state index is 13.9. The second-order valence-corrected chi connectivity index (χ2v) is 18.8. The molecule has 0 spiro atoms. The molecule has 2 aromatic carbocycles. The summed E-state index contributed by atoms with van der Waals surface area (Å²) in [5, 5.41) is 5.00. The van der Waals surface area contributed by atoms with Gasteiger partial charge in [-0.15, -0.1) is 0 Å². The number of carbonyl (C=O) groups is 2. The Morgan fingerprint density at radius 1 is 0.983 bits per heavy atom. The van der Waals surface area contributed by atoms with Crippen LogP contribution in [-0.4, -0.2) is 105 Å². The number of carbonyl (C=O) groups excluding carboxylic acids is 2. The Hall–Kier alpha value is -5.09. The first-order valence-electron chi connectivity index (χ1n) is 20.9. The zero-order chi connectivity index (χ0) is 41.4. The van der Waals surface area contributed by atoms with Gasteiger partial charge in [0.1, 0.15) is 17.1 Å². The summed E-state index contributed by atoms with van der Waals surface area (Å²) in [5.41, 5.74) is 10.1. The molecule has 2 aliphatic carbocycles. The molecular weight excluding hydrogens is 804 g/mol.